The maximum Gasteiger partial charge on any atom is 0.251 e. The Labute approximate surface area is 126 Å². The number of aryl methyl sites for hydroxylation is 2. The van der Waals surface area contributed by atoms with E-state index in [0.29, 0.717) is 12.1 Å². The summed E-state index contributed by atoms with van der Waals surface area (Å²) in [6.07, 6.45) is 0. The molecule has 0 aliphatic carbocycles. The fraction of sp³-hybridized carbons (Fsp3) is 0.278. The molecule has 0 unspecified atom stereocenters. The van der Waals surface area contributed by atoms with Crippen molar-refractivity contribution >= 4 is 11.6 Å². The van der Waals surface area contributed by atoms with Crippen LogP contribution in [0.25, 0.3) is 0 Å². The Morgan fingerprint density at radius 3 is 2.62 bits per heavy atom. The predicted molar refractivity (Wildman–Crippen MR) is 87.7 cm³/mol. The van der Waals surface area contributed by atoms with Gasteiger partial charge in [-0.1, -0.05) is 29.8 Å². The van der Waals surface area contributed by atoms with Crippen LogP contribution in [-0.2, 0) is 6.54 Å². The quantitative estimate of drug-likeness (QED) is 0.878. The fourth-order valence-electron chi connectivity index (χ4n) is 2.27. The first-order valence-corrected chi connectivity index (χ1v) is 7.28. The van der Waals surface area contributed by atoms with Gasteiger partial charge in [-0.2, -0.15) is 0 Å². The summed E-state index contributed by atoms with van der Waals surface area (Å²) in [5.74, 6) is -0.0346. The third-order valence-electron chi connectivity index (χ3n) is 3.44. The lowest BCUT2D eigenvalue weighted by Gasteiger charge is -2.11. The number of anilines is 1. The molecule has 2 N–H and O–H groups in total. The zero-order chi connectivity index (χ0) is 15.2. The fourth-order valence-corrected chi connectivity index (χ4v) is 2.27. The van der Waals surface area contributed by atoms with Gasteiger partial charge in [-0.05, 0) is 50.1 Å². The van der Waals surface area contributed by atoms with Gasteiger partial charge in [-0.15, -0.1) is 0 Å². The van der Waals surface area contributed by atoms with Gasteiger partial charge in [-0.3, -0.25) is 4.79 Å². The molecule has 2 rings (SSSR count). The summed E-state index contributed by atoms with van der Waals surface area (Å²) >= 11 is 0. The van der Waals surface area contributed by atoms with E-state index < -0.39 is 0 Å². The second kappa shape index (κ2) is 6.93. The molecule has 0 bridgehead atoms. The molecule has 2 aromatic carbocycles. The molecule has 1 amide bonds. The highest BCUT2D eigenvalue weighted by Crippen LogP contribution is 2.15. The number of hydrogen-bond acceptors (Lipinski definition) is 2. The Hall–Kier alpha value is -2.29. The molecule has 0 saturated heterocycles. The molecule has 0 aliphatic heterocycles. The lowest BCUT2D eigenvalue weighted by molar-refractivity contribution is 0.0956. The second-order valence-electron chi connectivity index (χ2n) is 5.22. The number of carbonyl (C=O) groups is 1. The van der Waals surface area contributed by atoms with Gasteiger partial charge in [-0.25, -0.2) is 0 Å². The molecule has 110 valence electrons. The number of amides is 1. The molecule has 21 heavy (non-hydrogen) atoms. The second-order valence-corrected chi connectivity index (χ2v) is 5.22. The Balaban J connectivity index is 2.06. The van der Waals surface area contributed by atoms with Crippen LogP contribution in [0.1, 0.15) is 34.0 Å². The highest BCUT2D eigenvalue weighted by atomic mass is 16.1. The van der Waals surface area contributed by atoms with Crippen LogP contribution in [0.15, 0.2) is 42.5 Å². The molecule has 0 aliphatic rings. The van der Waals surface area contributed by atoms with Crippen LogP contribution in [-0.4, -0.2) is 12.5 Å². The van der Waals surface area contributed by atoms with Gasteiger partial charge in [0.2, 0.25) is 0 Å². The molecule has 0 atom stereocenters. The van der Waals surface area contributed by atoms with Gasteiger partial charge in [0.05, 0.1) is 0 Å². The minimum atomic E-state index is -0.0346. The minimum Gasteiger partial charge on any atom is -0.381 e. The predicted octanol–water partition coefficient (Wildman–Crippen LogP) is 3.67. The van der Waals surface area contributed by atoms with Crippen LogP contribution in [0.5, 0.6) is 0 Å². The van der Waals surface area contributed by atoms with E-state index in [1.807, 2.05) is 31.2 Å². The molecule has 0 radical (unpaired) electrons. The van der Waals surface area contributed by atoms with Crippen LogP contribution in [0.4, 0.5) is 5.69 Å². The van der Waals surface area contributed by atoms with Gasteiger partial charge >= 0.3 is 0 Å². The van der Waals surface area contributed by atoms with E-state index in [4.69, 9.17) is 0 Å². The van der Waals surface area contributed by atoms with Crippen molar-refractivity contribution in [3.8, 4) is 0 Å². The van der Waals surface area contributed by atoms with Crippen molar-refractivity contribution < 1.29 is 4.79 Å². The summed E-state index contributed by atoms with van der Waals surface area (Å²) in [5.41, 5.74) is 5.46. The Kier molecular flexibility index (Phi) is 4.99. The van der Waals surface area contributed by atoms with Crippen molar-refractivity contribution in [2.75, 3.05) is 11.9 Å². The van der Waals surface area contributed by atoms with E-state index in [0.717, 1.165) is 12.2 Å². The molecule has 0 aromatic heterocycles. The monoisotopic (exact) mass is 282 g/mol. The minimum absolute atomic E-state index is 0.0346. The number of nitrogens with one attached hydrogen (secondary N) is 2. The standard InChI is InChI=1S/C18H22N2O/c1-4-19-18(21)15-6-5-7-17(11-15)20-12-16-9-8-13(2)10-14(16)3/h5-11,20H,4,12H2,1-3H3,(H,19,21). The van der Waals surface area contributed by atoms with E-state index in [1.54, 1.807) is 0 Å². The van der Waals surface area contributed by atoms with Gasteiger partial charge in [0.1, 0.15) is 0 Å². The lowest BCUT2D eigenvalue weighted by atomic mass is 10.1. The average Bonchev–Trinajstić information content (AvgIpc) is 2.47. The molecule has 3 heteroatoms. The largest absolute Gasteiger partial charge is 0.381 e. The maximum absolute atomic E-state index is 11.8. The van der Waals surface area contributed by atoms with Crippen molar-refractivity contribution in [2.24, 2.45) is 0 Å². The third-order valence-corrected chi connectivity index (χ3v) is 3.44. The topological polar surface area (TPSA) is 41.1 Å². The molecule has 2 aromatic rings. The summed E-state index contributed by atoms with van der Waals surface area (Å²) in [6.45, 7) is 7.53. The number of rotatable bonds is 5. The molecule has 0 fully saturated rings. The molecular formula is C18H22N2O. The molecule has 0 saturated carbocycles. The van der Waals surface area contributed by atoms with Crippen LogP contribution in [0.3, 0.4) is 0 Å². The zero-order valence-electron chi connectivity index (χ0n) is 12.9. The van der Waals surface area contributed by atoms with Crippen molar-refractivity contribution in [1.82, 2.24) is 5.32 Å². The maximum atomic E-state index is 11.8. The number of hydrogen-bond donors (Lipinski definition) is 2. The first-order chi connectivity index (χ1) is 10.1. The summed E-state index contributed by atoms with van der Waals surface area (Å²) in [7, 11) is 0. The van der Waals surface area contributed by atoms with Crippen LogP contribution >= 0.6 is 0 Å². The van der Waals surface area contributed by atoms with Gasteiger partial charge in [0, 0.05) is 24.3 Å². The van der Waals surface area contributed by atoms with Crippen LogP contribution in [0.2, 0.25) is 0 Å². The summed E-state index contributed by atoms with van der Waals surface area (Å²) in [5, 5.41) is 6.19. The van der Waals surface area contributed by atoms with E-state index in [-0.39, 0.29) is 5.91 Å². The summed E-state index contributed by atoms with van der Waals surface area (Å²) in [6, 6.07) is 14.0. The SMILES string of the molecule is CCNC(=O)c1cccc(NCc2ccc(C)cc2C)c1. The van der Waals surface area contributed by atoms with Gasteiger partial charge < -0.3 is 10.6 Å². The summed E-state index contributed by atoms with van der Waals surface area (Å²) in [4.78, 5) is 11.8. The first kappa shape index (κ1) is 15.1. The van der Waals surface area contributed by atoms with Crippen LogP contribution < -0.4 is 10.6 Å². The van der Waals surface area contributed by atoms with Crippen molar-refractivity contribution in [3.63, 3.8) is 0 Å². The van der Waals surface area contributed by atoms with Crippen LogP contribution in [0, 0.1) is 13.8 Å². The third kappa shape index (κ3) is 4.09. The highest BCUT2D eigenvalue weighted by molar-refractivity contribution is 5.95. The first-order valence-electron chi connectivity index (χ1n) is 7.28. The van der Waals surface area contributed by atoms with E-state index in [2.05, 4.69) is 42.7 Å². The van der Waals surface area contributed by atoms with E-state index in [9.17, 15) is 4.79 Å². The Morgan fingerprint density at radius 1 is 1.10 bits per heavy atom. The molecule has 3 nitrogen and oxygen atoms in total. The van der Waals surface area contributed by atoms with Gasteiger partial charge in [0.25, 0.3) is 5.91 Å². The number of benzene rings is 2. The highest BCUT2D eigenvalue weighted by Gasteiger charge is 2.05. The smallest absolute Gasteiger partial charge is 0.251 e. The molecular weight excluding hydrogens is 260 g/mol. The van der Waals surface area contributed by atoms with E-state index in [1.165, 1.54) is 16.7 Å². The normalized spacial score (nSPS) is 10.2. The number of carbonyl (C=O) groups excluding carboxylic acids is 1. The van der Waals surface area contributed by atoms with E-state index >= 15 is 0 Å². The lowest BCUT2D eigenvalue weighted by Crippen LogP contribution is -2.22. The molecule has 0 heterocycles. The zero-order valence-corrected chi connectivity index (χ0v) is 12.9. The van der Waals surface area contributed by atoms with Crippen molar-refractivity contribution in [2.45, 2.75) is 27.3 Å². The van der Waals surface area contributed by atoms with Crippen molar-refractivity contribution in [3.05, 3.63) is 64.7 Å². The molecule has 0 spiro atoms. The Bertz CT molecular complexity index is 635. The Morgan fingerprint density at radius 2 is 1.90 bits per heavy atom. The average molecular weight is 282 g/mol. The van der Waals surface area contributed by atoms with Gasteiger partial charge in [0.15, 0.2) is 0 Å². The van der Waals surface area contributed by atoms with Crippen molar-refractivity contribution in [1.29, 1.82) is 0 Å². The summed E-state index contributed by atoms with van der Waals surface area (Å²) < 4.78 is 0.